The maximum absolute atomic E-state index is 12.7. The average Bonchev–Trinajstić information content (AvgIpc) is 3.04. The van der Waals surface area contributed by atoms with Gasteiger partial charge in [0, 0.05) is 11.1 Å². The average molecular weight is 685 g/mol. The van der Waals surface area contributed by atoms with Gasteiger partial charge in [-0.1, -0.05) is 84.9 Å². The Hall–Kier alpha value is -4.70. The summed E-state index contributed by atoms with van der Waals surface area (Å²) in [5.41, 5.74) is 31.4. The minimum atomic E-state index is -4.75. The van der Waals surface area contributed by atoms with Crippen molar-refractivity contribution in [2.75, 3.05) is 0 Å². The Morgan fingerprint density at radius 2 is 0.958 bits per heavy atom. The van der Waals surface area contributed by atoms with Crippen LogP contribution in [0.15, 0.2) is 107 Å². The second-order valence-corrected chi connectivity index (χ2v) is 15.2. The molecule has 246 valence electrons. The van der Waals surface area contributed by atoms with Crippen molar-refractivity contribution in [3.05, 3.63) is 142 Å². The van der Waals surface area contributed by atoms with Crippen LogP contribution in [0.2, 0.25) is 0 Å². The van der Waals surface area contributed by atoms with Crippen LogP contribution in [-0.4, -0.2) is 36.4 Å². The van der Waals surface area contributed by atoms with Crippen LogP contribution in [-0.2, 0) is 31.3 Å². The Labute approximate surface area is 277 Å². The predicted molar refractivity (Wildman–Crippen MR) is 181 cm³/mol. The van der Waals surface area contributed by atoms with Crippen molar-refractivity contribution in [1.29, 1.82) is 11.1 Å². The third kappa shape index (κ3) is 5.05. The fourth-order valence-corrected chi connectivity index (χ4v) is 9.16. The van der Waals surface area contributed by atoms with Crippen molar-refractivity contribution in [1.82, 2.24) is 0 Å². The summed E-state index contributed by atoms with van der Waals surface area (Å²) < 4.78 is 71.4. The molecule has 12 nitrogen and oxygen atoms in total. The van der Waals surface area contributed by atoms with E-state index >= 15 is 0 Å². The zero-order valence-corrected chi connectivity index (χ0v) is 27.4. The van der Waals surface area contributed by atoms with Gasteiger partial charge in [-0.3, -0.25) is 9.11 Å². The Balaban J connectivity index is 1.47. The third-order valence-corrected chi connectivity index (χ3v) is 11.7. The number of hydrogen-bond acceptors (Lipinski definition) is 10. The highest BCUT2D eigenvalue weighted by Crippen LogP contribution is 2.46. The van der Waals surface area contributed by atoms with Gasteiger partial charge in [0.25, 0.3) is 20.2 Å². The van der Waals surface area contributed by atoms with E-state index in [9.17, 15) is 25.9 Å². The summed E-state index contributed by atoms with van der Waals surface area (Å²) in [6, 6.07) is 24.0. The molecule has 2 aliphatic rings. The van der Waals surface area contributed by atoms with Crippen molar-refractivity contribution in [2.24, 2.45) is 21.7 Å². The number of benzene rings is 4. The zero-order chi connectivity index (χ0) is 34.8. The lowest BCUT2D eigenvalue weighted by atomic mass is 9.73. The first-order valence-corrected chi connectivity index (χ1v) is 17.7. The highest BCUT2D eigenvalue weighted by atomic mass is 32.2. The van der Waals surface area contributed by atoms with Crippen LogP contribution in [0.1, 0.15) is 44.5 Å². The monoisotopic (exact) mass is 684 g/mol. The lowest BCUT2D eigenvalue weighted by Gasteiger charge is -2.40. The number of nitrogens with two attached hydrogens (primary N) is 2. The number of nitrogens with zero attached hydrogens (tertiary/aromatic N) is 2. The molecular formula is C34H32N6O6S2. The van der Waals surface area contributed by atoms with Gasteiger partial charge in [0.1, 0.15) is 10.5 Å². The van der Waals surface area contributed by atoms with Crippen molar-refractivity contribution in [3.8, 4) is 11.1 Å². The van der Waals surface area contributed by atoms with E-state index in [1.54, 1.807) is 84.9 Å². The van der Waals surface area contributed by atoms with E-state index in [1.807, 2.05) is 13.8 Å². The van der Waals surface area contributed by atoms with E-state index in [4.69, 9.17) is 22.5 Å². The smallest absolute Gasteiger partial charge is 0.274 e. The molecule has 0 radical (unpaired) electrons. The molecule has 0 aromatic heterocycles. The molecule has 14 heteroatoms. The van der Waals surface area contributed by atoms with Crippen molar-refractivity contribution in [2.45, 2.75) is 35.4 Å². The zero-order valence-electron chi connectivity index (χ0n) is 25.8. The van der Waals surface area contributed by atoms with E-state index in [2.05, 4.69) is 10.2 Å². The maximum atomic E-state index is 12.7. The topological polar surface area (TPSA) is 233 Å². The number of hydrogen-bond donors (Lipinski definition) is 6. The van der Waals surface area contributed by atoms with Crippen molar-refractivity contribution < 1.29 is 25.9 Å². The van der Waals surface area contributed by atoms with Crippen LogP contribution < -0.4 is 11.5 Å². The molecule has 8 N–H and O–H groups in total. The van der Waals surface area contributed by atoms with Gasteiger partial charge >= 0.3 is 0 Å². The standard InChI is InChI=1S/C34H32N6O6S2/c1-19-15-21(33(35)27-9-5-3-7-25(27)29(39-37)17-31(33)47(41,42)43)11-13-23(19)24-14-12-22(16-20(24)2)34(36)28-10-6-4-8-26(28)30(40-38)18-32(34)48(44,45)46/h3-18,31-32,37-38H,35-36H2,1-2H3,(H,41,42,43)(H,44,45,46). The summed E-state index contributed by atoms with van der Waals surface area (Å²) in [5, 5.41) is 3.72. The molecule has 2 aliphatic carbocycles. The molecule has 0 spiro atoms. The number of nitrogens with one attached hydrogen (secondary N) is 2. The largest absolute Gasteiger partial charge is 0.316 e. The Kier molecular flexibility index (Phi) is 7.94. The fraction of sp³-hybridized carbons (Fsp3) is 0.176. The first kappa shape index (κ1) is 33.2. The Morgan fingerprint density at radius 3 is 1.27 bits per heavy atom. The first-order valence-electron chi connectivity index (χ1n) is 14.7. The number of fused-ring (bicyclic) bond motifs is 2. The molecule has 0 heterocycles. The highest BCUT2D eigenvalue weighted by molar-refractivity contribution is 7.87. The lowest BCUT2D eigenvalue weighted by molar-refractivity contribution is 0.435. The Bertz CT molecular complexity index is 2160. The molecule has 0 amide bonds. The van der Waals surface area contributed by atoms with Crippen LogP contribution in [0, 0.1) is 24.9 Å². The highest BCUT2D eigenvalue weighted by Gasteiger charge is 2.50. The molecule has 4 unspecified atom stereocenters. The van der Waals surface area contributed by atoms with E-state index < -0.39 is 41.8 Å². The van der Waals surface area contributed by atoms with Crippen LogP contribution in [0.25, 0.3) is 22.5 Å². The quantitative estimate of drug-likeness (QED) is 0.105. The molecule has 4 aromatic carbocycles. The van der Waals surface area contributed by atoms with Gasteiger partial charge in [-0.15, -0.1) is 0 Å². The molecule has 4 atom stereocenters. The molecular weight excluding hydrogens is 653 g/mol. The van der Waals surface area contributed by atoms with Gasteiger partial charge in [-0.25, -0.2) is 11.1 Å². The van der Waals surface area contributed by atoms with E-state index in [1.165, 1.54) is 12.2 Å². The second-order valence-electron chi connectivity index (χ2n) is 12.1. The van der Waals surface area contributed by atoms with E-state index in [0.29, 0.717) is 33.4 Å². The third-order valence-electron chi connectivity index (χ3n) is 9.39. The molecule has 6 rings (SSSR count). The van der Waals surface area contributed by atoms with E-state index in [0.717, 1.165) is 22.3 Å². The van der Waals surface area contributed by atoms with Crippen LogP contribution in [0.5, 0.6) is 0 Å². The van der Waals surface area contributed by atoms with Gasteiger partial charge in [0.15, 0.2) is 0 Å². The molecule has 0 fully saturated rings. The van der Waals surface area contributed by atoms with Crippen LogP contribution >= 0.6 is 0 Å². The summed E-state index contributed by atoms with van der Waals surface area (Å²) in [6.45, 7) is 3.67. The van der Waals surface area contributed by atoms with Gasteiger partial charge in [-0.2, -0.15) is 27.1 Å². The molecule has 0 saturated heterocycles. The number of rotatable bonds is 7. The van der Waals surface area contributed by atoms with Crippen LogP contribution in [0.4, 0.5) is 0 Å². The fourth-order valence-electron chi connectivity index (χ4n) is 7.09. The second kappa shape index (κ2) is 11.5. The predicted octanol–water partition coefficient (Wildman–Crippen LogP) is 5.66. The van der Waals surface area contributed by atoms with Crippen molar-refractivity contribution in [3.63, 3.8) is 0 Å². The SMILES string of the molecule is Cc1cc(C2(N)c3ccccc3C(N=N)=CC2S(=O)(=O)O)ccc1-c1ccc(C2(N)c3ccccc3C(N=N)=CC2S(=O)(=O)O)cc1C. The molecule has 4 aromatic rings. The maximum Gasteiger partial charge on any atom is 0.274 e. The van der Waals surface area contributed by atoms with E-state index in [-0.39, 0.29) is 11.4 Å². The summed E-state index contributed by atoms with van der Waals surface area (Å²) in [5.74, 6) is 0. The van der Waals surface area contributed by atoms with Crippen molar-refractivity contribution >= 4 is 31.6 Å². The number of aryl methyl sites for hydroxylation is 2. The normalized spacial score (nSPS) is 23.7. The van der Waals surface area contributed by atoms with Gasteiger partial charge in [0.2, 0.25) is 0 Å². The minimum Gasteiger partial charge on any atom is -0.316 e. The molecule has 0 saturated carbocycles. The Morgan fingerprint density at radius 1 is 0.604 bits per heavy atom. The molecule has 0 bridgehead atoms. The van der Waals surface area contributed by atoms with Gasteiger partial charge in [0.05, 0.1) is 22.5 Å². The summed E-state index contributed by atoms with van der Waals surface area (Å²) in [7, 11) is -9.50. The van der Waals surface area contributed by atoms with Gasteiger partial charge < -0.3 is 11.5 Å². The lowest BCUT2D eigenvalue weighted by Crippen LogP contribution is -2.53. The van der Waals surface area contributed by atoms with Crippen LogP contribution in [0.3, 0.4) is 0 Å². The molecule has 0 aliphatic heterocycles. The minimum absolute atomic E-state index is 0.0775. The van der Waals surface area contributed by atoms with Gasteiger partial charge in [-0.05, 0) is 70.5 Å². The first-order chi connectivity index (χ1) is 22.6. The summed E-state index contributed by atoms with van der Waals surface area (Å²) in [6.07, 6.45) is 2.39. The summed E-state index contributed by atoms with van der Waals surface area (Å²) >= 11 is 0. The summed E-state index contributed by atoms with van der Waals surface area (Å²) in [4.78, 5) is 0. The molecule has 48 heavy (non-hydrogen) atoms.